The zero-order chi connectivity index (χ0) is 15.6. The minimum atomic E-state index is -3.61. The van der Waals surface area contributed by atoms with Crippen LogP contribution in [0.1, 0.15) is 22.5 Å². The molecular formula is C14H19N3O3S. The van der Waals surface area contributed by atoms with Gasteiger partial charge in [0, 0.05) is 24.8 Å². The molecule has 0 aliphatic rings. The summed E-state index contributed by atoms with van der Waals surface area (Å²) < 4.78 is 28.9. The van der Waals surface area contributed by atoms with E-state index in [-0.39, 0.29) is 18.0 Å². The Morgan fingerprint density at radius 2 is 2.05 bits per heavy atom. The number of hydrogen-bond donors (Lipinski definition) is 2. The molecule has 2 rings (SSSR count). The number of aromatic nitrogens is 2. The predicted molar refractivity (Wildman–Crippen MR) is 79.1 cm³/mol. The van der Waals surface area contributed by atoms with Crippen molar-refractivity contribution >= 4 is 10.0 Å². The molecule has 0 saturated carbocycles. The van der Waals surface area contributed by atoms with E-state index in [9.17, 15) is 8.42 Å². The summed E-state index contributed by atoms with van der Waals surface area (Å²) in [6.07, 6.45) is 0. The van der Waals surface area contributed by atoms with E-state index < -0.39 is 10.0 Å². The van der Waals surface area contributed by atoms with Gasteiger partial charge in [-0.3, -0.25) is 4.68 Å². The van der Waals surface area contributed by atoms with E-state index >= 15 is 0 Å². The number of aliphatic hydroxyl groups is 1. The second kappa shape index (κ2) is 5.97. The lowest BCUT2D eigenvalue weighted by Crippen LogP contribution is -2.24. The zero-order valence-corrected chi connectivity index (χ0v) is 13.1. The Kier molecular flexibility index (Phi) is 4.46. The van der Waals surface area contributed by atoms with Gasteiger partial charge in [-0.05, 0) is 31.5 Å². The largest absolute Gasteiger partial charge is 0.392 e. The highest BCUT2D eigenvalue weighted by molar-refractivity contribution is 7.89. The second-order valence-electron chi connectivity index (χ2n) is 4.90. The Morgan fingerprint density at radius 3 is 2.62 bits per heavy atom. The van der Waals surface area contributed by atoms with E-state index in [0.29, 0.717) is 5.56 Å². The molecule has 7 heteroatoms. The van der Waals surface area contributed by atoms with E-state index in [4.69, 9.17) is 5.11 Å². The summed E-state index contributed by atoms with van der Waals surface area (Å²) in [7, 11) is -1.79. The first-order valence-corrected chi connectivity index (χ1v) is 8.02. The summed E-state index contributed by atoms with van der Waals surface area (Å²) in [6, 6.07) is 6.25. The quantitative estimate of drug-likeness (QED) is 0.863. The first kappa shape index (κ1) is 15.7. The molecule has 0 amide bonds. The molecule has 0 radical (unpaired) electrons. The maximum atomic E-state index is 12.3. The molecule has 2 aromatic rings. The van der Waals surface area contributed by atoms with Crippen LogP contribution in [0.15, 0.2) is 29.2 Å². The fourth-order valence-electron chi connectivity index (χ4n) is 2.13. The maximum Gasteiger partial charge on any atom is 0.240 e. The normalized spacial score (nSPS) is 11.8. The molecule has 0 saturated heterocycles. The summed E-state index contributed by atoms with van der Waals surface area (Å²) in [6.45, 7) is 3.75. The van der Waals surface area contributed by atoms with Crippen molar-refractivity contribution in [1.82, 2.24) is 14.5 Å². The van der Waals surface area contributed by atoms with Gasteiger partial charge in [0.15, 0.2) is 0 Å². The number of rotatable bonds is 5. The van der Waals surface area contributed by atoms with Gasteiger partial charge in [-0.15, -0.1) is 0 Å². The first-order chi connectivity index (χ1) is 9.85. The third-order valence-corrected chi connectivity index (χ3v) is 4.89. The Hall–Kier alpha value is -1.70. The molecule has 1 heterocycles. The zero-order valence-electron chi connectivity index (χ0n) is 12.3. The number of aryl methyl sites for hydroxylation is 2. The van der Waals surface area contributed by atoms with Crippen LogP contribution in [0.4, 0.5) is 0 Å². The average molecular weight is 309 g/mol. The van der Waals surface area contributed by atoms with E-state index in [0.717, 1.165) is 17.0 Å². The summed E-state index contributed by atoms with van der Waals surface area (Å²) in [5.74, 6) is 0. The molecule has 0 aliphatic heterocycles. The van der Waals surface area contributed by atoms with Crippen LogP contribution in [0.2, 0.25) is 0 Å². The highest BCUT2D eigenvalue weighted by atomic mass is 32.2. The van der Waals surface area contributed by atoms with Gasteiger partial charge in [0.2, 0.25) is 10.0 Å². The fraction of sp³-hybridized carbons (Fsp3) is 0.357. The summed E-state index contributed by atoms with van der Waals surface area (Å²) in [5, 5.41) is 13.3. The molecule has 21 heavy (non-hydrogen) atoms. The van der Waals surface area contributed by atoms with Crippen LogP contribution in [0.3, 0.4) is 0 Å². The van der Waals surface area contributed by atoms with Crippen molar-refractivity contribution < 1.29 is 13.5 Å². The van der Waals surface area contributed by atoms with Gasteiger partial charge in [-0.25, -0.2) is 13.1 Å². The lowest BCUT2D eigenvalue weighted by molar-refractivity contribution is 0.281. The standard InChI is InChI=1S/C14H19N3O3S/c1-10-14(11(2)17(3)16-10)8-15-21(19,20)13-6-4-5-12(7-13)9-18/h4-7,15,18H,8-9H2,1-3H3. The van der Waals surface area contributed by atoms with Gasteiger partial charge in [0.1, 0.15) is 0 Å². The molecule has 0 atom stereocenters. The van der Waals surface area contributed by atoms with Crippen molar-refractivity contribution in [3.63, 3.8) is 0 Å². The van der Waals surface area contributed by atoms with Gasteiger partial charge in [-0.1, -0.05) is 12.1 Å². The minimum absolute atomic E-state index is 0.147. The van der Waals surface area contributed by atoms with Crippen molar-refractivity contribution in [2.24, 2.45) is 7.05 Å². The van der Waals surface area contributed by atoms with Crippen molar-refractivity contribution in [3.05, 3.63) is 46.8 Å². The van der Waals surface area contributed by atoms with E-state index in [2.05, 4.69) is 9.82 Å². The van der Waals surface area contributed by atoms with Crippen LogP contribution >= 0.6 is 0 Å². The summed E-state index contributed by atoms with van der Waals surface area (Å²) in [4.78, 5) is 0.147. The monoisotopic (exact) mass is 309 g/mol. The van der Waals surface area contributed by atoms with Gasteiger partial charge in [0.25, 0.3) is 0 Å². The van der Waals surface area contributed by atoms with E-state index in [1.54, 1.807) is 16.8 Å². The first-order valence-electron chi connectivity index (χ1n) is 6.53. The number of nitrogens with one attached hydrogen (secondary N) is 1. The molecule has 0 spiro atoms. The Morgan fingerprint density at radius 1 is 1.33 bits per heavy atom. The van der Waals surface area contributed by atoms with Crippen LogP contribution in [0.5, 0.6) is 0 Å². The molecule has 0 unspecified atom stereocenters. The van der Waals surface area contributed by atoms with E-state index in [1.165, 1.54) is 12.1 Å². The molecule has 0 fully saturated rings. The van der Waals surface area contributed by atoms with Crippen molar-refractivity contribution in [1.29, 1.82) is 0 Å². The predicted octanol–water partition coefficient (Wildman–Crippen LogP) is 1.01. The van der Waals surface area contributed by atoms with Crippen molar-refractivity contribution in [2.45, 2.75) is 31.9 Å². The molecule has 114 valence electrons. The Labute approximate surface area is 124 Å². The van der Waals surface area contributed by atoms with Gasteiger partial charge in [-0.2, -0.15) is 5.10 Å². The molecule has 1 aromatic carbocycles. The fourth-order valence-corrected chi connectivity index (χ4v) is 3.20. The highest BCUT2D eigenvalue weighted by Crippen LogP contribution is 2.15. The minimum Gasteiger partial charge on any atom is -0.392 e. The van der Waals surface area contributed by atoms with Crippen LogP contribution in [0, 0.1) is 13.8 Å². The number of aliphatic hydroxyl groups excluding tert-OH is 1. The van der Waals surface area contributed by atoms with Gasteiger partial charge >= 0.3 is 0 Å². The van der Waals surface area contributed by atoms with Crippen LogP contribution < -0.4 is 4.72 Å². The molecule has 6 nitrogen and oxygen atoms in total. The Bertz CT molecular complexity index is 751. The van der Waals surface area contributed by atoms with Crippen molar-refractivity contribution in [2.75, 3.05) is 0 Å². The van der Waals surface area contributed by atoms with Crippen LogP contribution in [-0.4, -0.2) is 23.3 Å². The Balaban J connectivity index is 2.21. The van der Waals surface area contributed by atoms with E-state index in [1.807, 2.05) is 20.9 Å². The third kappa shape index (κ3) is 3.31. The molecule has 2 N–H and O–H groups in total. The molecule has 0 bridgehead atoms. The number of benzene rings is 1. The number of sulfonamides is 1. The van der Waals surface area contributed by atoms with Crippen LogP contribution in [-0.2, 0) is 30.2 Å². The average Bonchev–Trinajstić information content (AvgIpc) is 2.70. The topological polar surface area (TPSA) is 84.2 Å². The number of hydrogen-bond acceptors (Lipinski definition) is 4. The molecule has 0 aliphatic carbocycles. The molecule has 1 aromatic heterocycles. The second-order valence-corrected chi connectivity index (χ2v) is 6.67. The SMILES string of the molecule is Cc1nn(C)c(C)c1CNS(=O)(=O)c1cccc(CO)c1. The van der Waals surface area contributed by atoms with Gasteiger partial charge < -0.3 is 5.11 Å². The number of nitrogens with zero attached hydrogens (tertiary/aromatic N) is 2. The molecular weight excluding hydrogens is 290 g/mol. The van der Waals surface area contributed by atoms with Crippen molar-refractivity contribution in [3.8, 4) is 0 Å². The highest BCUT2D eigenvalue weighted by Gasteiger charge is 2.17. The smallest absolute Gasteiger partial charge is 0.240 e. The lowest BCUT2D eigenvalue weighted by Gasteiger charge is -2.08. The van der Waals surface area contributed by atoms with Crippen LogP contribution in [0.25, 0.3) is 0 Å². The summed E-state index contributed by atoms with van der Waals surface area (Å²) in [5.41, 5.74) is 3.17. The van der Waals surface area contributed by atoms with Gasteiger partial charge in [0.05, 0.1) is 17.2 Å². The maximum absolute atomic E-state index is 12.3. The third-order valence-electron chi connectivity index (χ3n) is 3.49. The lowest BCUT2D eigenvalue weighted by atomic mass is 10.2. The summed E-state index contributed by atoms with van der Waals surface area (Å²) >= 11 is 0.